The van der Waals surface area contributed by atoms with Crippen molar-refractivity contribution in [1.82, 2.24) is 10.6 Å². The molecule has 2 N–H and O–H groups in total. The van der Waals surface area contributed by atoms with Crippen molar-refractivity contribution >= 4 is 23.6 Å². The molecule has 126 valence electrons. The maximum absolute atomic E-state index is 12.3. The van der Waals surface area contributed by atoms with E-state index in [1.807, 2.05) is 0 Å². The minimum Gasteiger partial charge on any atom is -0.444 e. The summed E-state index contributed by atoms with van der Waals surface area (Å²) >= 11 is 0. The van der Waals surface area contributed by atoms with Gasteiger partial charge in [0.1, 0.15) is 12.1 Å². The van der Waals surface area contributed by atoms with Crippen molar-refractivity contribution in [2.75, 3.05) is 6.54 Å². The van der Waals surface area contributed by atoms with Gasteiger partial charge in [0, 0.05) is 17.2 Å². The zero-order valence-electron chi connectivity index (χ0n) is 13.6. The molecule has 7 heteroatoms. The lowest BCUT2D eigenvalue weighted by molar-refractivity contribution is -0.119. The first kappa shape index (κ1) is 17.4. The number of Topliss-reactive ketones (excluding diaryl/α,β-unsaturated/α-hetero) is 1. The molecule has 0 heterocycles. The van der Waals surface area contributed by atoms with Crippen molar-refractivity contribution in [3.8, 4) is 0 Å². The predicted molar refractivity (Wildman–Crippen MR) is 85.6 cm³/mol. The first-order valence-electron chi connectivity index (χ1n) is 7.34. The molecule has 0 radical (unpaired) electrons. The van der Waals surface area contributed by atoms with Crippen LogP contribution in [-0.2, 0) is 9.53 Å². The van der Waals surface area contributed by atoms with Gasteiger partial charge in [-0.1, -0.05) is 24.3 Å². The Bertz CT molecular complexity index is 744. The summed E-state index contributed by atoms with van der Waals surface area (Å²) in [5.41, 5.74) is -0.263. The van der Waals surface area contributed by atoms with Crippen molar-refractivity contribution < 1.29 is 23.9 Å². The molecule has 24 heavy (non-hydrogen) atoms. The SMILES string of the molecule is CC(C)(C)OC(=O)NCC(=O)NC1=CC(=O)c2ccccc2C1=O. The van der Waals surface area contributed by atoms with E-state index in [0.717, 1.165) is 6.08 Å². The summed E-state index contributed by atoms with van der Waals surface area (Å²) in [6.07, 6.45) is 0.332. The van der Waals surface area contributed by atoms with Crippen molar-refractivity contribution in [3.05, 3.63) is 47.2 Å². The minimum absolute atomic E-state index is 0.116. The number of allylic oxidation sites excluding steroid dienone is 2. The van der Waals surface area contributed by atoms with Crippen LogP contribution in [-0.4, -0.2) is 35.7 Å². The van der Waals surface area contributed by atoms with E-state index in [9.17, 15) is 19.2 Å². The zero-order chi connectivity index (χ0) is 17.9. The predicted octanol–water partition coefficient (Wildman–Crippen LogP) is 1.59. The second kappa shape index (κ2) is 6.66. The van der Waals surface area contributed by atoms with Gasteiger partial charge in [0.25, 0.3) is 0 Å². The molecule has 7 nitrogen and oxygen atoms in total. The van der Waals surface area contributed by atoms with E-state index in [-0.39, 0.29) is 23.6 Å². The Morgan fingerprint density at radius 2 is 1.71 bits per heavy atom. The number of rotatable bonds is 3. The van der Waals surface area contributed by atoms with Gasteiger partial charge < -0.3 is 15.4 Å². The van der Waals surface area contributed by atoms with Crippen LogP contribution in [0, 0.1) is 0 Å². The Morgan fingerprint density at radius 1 is 1.08 bits per heavy atom. The van der Waals surface area contributed by atoms with E-state index >= 15 is 0 Å². The van der Waals surface area contributed by atoms with Gasteiger partial charge in [-0.3, -0.25) is 14.4 Å². The molecule has 1 aromatic rings. The third kappa shape index (κ3) is 4.28. The first-order valence-corrected chi connectivity index (χ1v) is 7.34. The molecule has 1 aliphatic carbocycles. The van der Waals surface area contributed by atoms with Gasteiger partial charge in [-0.05, 0) is 20.8 Å². The van der Waals surface area contributed by atoms with E-state index in [4.69, 9.17) is 4.74 Å². The molecule has 0 saturated carbocycles. The molecule has 0 unspecified atom stereocenters. The largest absolute Gasteiger partial charge is 0.444 e. The average Bonchev–Trinajstić information content (AvgIpc) is 2.49. The molecular weight excluding hydrogens is 312 g/mol. The number of alkyl carbamates (subject to hydrolysis) is 1. The summed E-state index contributed by atoms with van der Waals surface area (Å²) in [7, 11) is 0. The van der Waals surface area contributed by atoms with E-state index in [2.05, 4.69) is 10.6 Å². The number of ether oxygens (including phenoxy) is 1. The Labute approximate surface area is 139 Å². The highest BCUT2D eigenvalue weighted by Crippen LogP contribution is 2.19. The quantitative estimate of drug-likeness (QED) is 0.876. The lowest BCUT2D eigenvalue weighted by atomic mass is 9.93. The van der Waals surface area contributed by atoms with Gasteiger partial charge in [-0.15, -0.1) is 0 Å². The molecule has 0 atom stereocenters. The number of benzene rings is 1. The van der Waals surface area contributed by atoms with Crippen LogP contribution in [0.2, 0.25) is 0 Å². The van der Waals surface area contributed by atoms with Crippen LogP contribution in [0.1, 0.15) is 41.5 Å². The maximum atomic E-state index is 12.3. The lowest BCUT2D eigenvalue weighted by Gasteiger charge is -2.20. The van der Waals surface area contributed by atoms with Gasteiger partial charge in [-0.2, -0.15) is 0 Å². The number of amides is 2. The van der Waals surface area contributed by atoms with E-state index in [1.165, 1.54) is 6.07 Å². The number of hydrogen-bond donors (Lipinski definition) is 2. The second-order valence-electron chi connectivity index (χ2n) is 6.20. The van der Waals surface area contributed by atoms with Crippen molar-refractivity contribution in [3.63, 3.8) is 0 Å². The normalized spacial score (nSPS) is 13.7. The maximum Gasteiger partial charge on any atom is 0.408 e. The lowest BCUT2D eigenvalue weighted by Crippen LogP contribution is -2.41. The summed E-state index contributed by atoms with van der Waals surface area (Å²) in [5.74, 6) is -1.44. The number of ketones is 2. The second-order valence-corrected chi connectivity index (χ2v) is 6.20. The zero-order valence-corrected chi connectivity index (χ0v) is 13.6. The van der Waals surface area contributed by atoms with Crippen molar-refractivity contribution in [2.45, 2.75) is 26.4 Å². The molecule has 1 aliphatic rings. The summed E-state index contributed by atoms with van der Waals surface area (Å²) in [4.78, 5) is 47.6. The van der Waals surface area contributed by atoms with Gasteiger partial charge in [-0.25, -0.2) is 4.79 Å². The third-order valence-electron chi connectivity index (χ3n) is 3.02. The molecule has 0 spiro atoms. The van der Waals surface area contributed by atoms with Crippen LogP contribution >= 0.6 is 0 Å². The summed E-state index contributed by atoms with van der Waals surface area (Å²) in [6.45, 7) is 4.71. The molecular formula is C17H18N2O5. The van der Waals surface area contributed by atoms with Gasteiger partial charge >= 0.3 is 6.09 Å². The van der Waals surface area contributed by atoms with Crippen LogP contribution < -0.4 is 10.6 Å². The van der Waals surface area contributed by atoms with Crippen molar-refractivity contribution in [2.24, 2.45) is 0 Å². The fraction of sp³-hybridized carbons (Fsp3) is 0.294. The van der Waals surface area contributed by atoms with Gasteiger partial charge in [0.05, 0.1) is 5.70 Å². The third-order valence-corrected chi connectivity index (χ3v) is 3.02. The average molecular weight is 330 g/mol. The van der Waals surface area contributed by atoms with Crippen LogP contribution in [0.15, 0.2) is 36.0 Å². The smallest absolute Gasteiger partial charge is 0.408 e. The molecule has 0 fully saturated rings. The Kier molecular flexibility index (Phi) is 4.82. The van der Waals surface area contributed by atoms with Crippen LogP contribution in [0.3, 0.4) is 0 Å². The number of carbonyl (C=O) groups excluding carboxylic acids is 4. The number of fused-ring (bicyclic) bond motifs is 1. The van der Waals surface area contributed by atoms with Gasteiger partial charge in [0.15, 0.2) is 5.78 Å². The molecule has 0 saturated heterocycles. The summed E-state index contributed by atoms with van der Waals surface area (Å²) in [5, 5.41) is 4.62. The molecule has 0 aromatic heterocycles. The fourth-order valence-corrected chi connectivity index (χ4v) is 2.07. The van der Waals surface area contributed by atoms with Gasteiger partial charge in [0.2, 0.25) is 11.7 Å². The van der Waals surface area contributed by atoms with E-state index < -0.39 is 23.4 Å². The summed E-state index contributed by atoms with van der Waals surface area (Å²) < 4.78 is 5.00. The Hall–Kier alpha value is -2.96. The van der Waals surface area contributed by atoms with Crippen LogP contribution in [0.25, 0.3) is 0 Å². The minimum atomic E-state index is -0.747. The Balaban J connectivity index is 1.97. The Morgan fingerprint density at radius 3 is 2.33 bits per heavy atom. The van der Waals surface area contributed by atoms with Crippen LogP contribution in [0.4, 0.5) is 4.79 Å². The van der Waals surface area contributed by atoms with Crippen molar-refractivity contribution in [1.29, 1.82) is 0 Å². The fourth-order valence-electron chi connectivity index (χ4n) is 2.07. The summed E-state index contributed by atoms with van der Waals surface area (Å²) in [6, 6.07) is 6.37. The first-order chi connectivity index (χ1) is 11.2. The monoisotopic (exact) mass is 330 g/mol. The number of nitrogens with one attached hydrogen (secondary N) is 2. The highest BCUT2D eigenvalue weighted by Gasteiger charge is 2.26. The van der Waals surface area contributed by atoms with E-state index in [0.29, 0.717) is 5.56 Å². The highest BCUT2D eigenvalue weighted by molar-refractivity contribution is 6.25. The highest BCUT2D eigenvalue weighted by atomic mass is 16.6. The standard InChI is InChI=1S/C17H18N2O5/c1-17(2,3)24-16(23)18-9-14(21)19-12-8-13(20)10-6-4-5-7-11(10)15(12)22/h4-8H,9H2,1-3H3,(H,18,23)(H,19,21). The molecule has 0 bridgehead atoms. The number of carbonyl (C=O) groups is 4. The molecule has 0 aliphatic heterocycles. The number of hydrogen-bond acceptors (Lipinski definition) is 5. The topological polar surface area (TPSA) is 102 Å². The molecule has 2 amide bonds. The van der Waals surface area contributed by atoms with E-state index in [1.54, 1.807) is 39.0 Å². The molecule has 2 rings (SSSR count). The van der Waals surface area contributed by atoms with Crippen LogP contribution in [0.5, 0.6) is 0 Å². The molecule has 1 aromatic carbocycles.